The molecule has 0 aliphatic heterocycles. The summed E-state index contributed by atoms with van der Waals surface area (Å²) >= 11 is 0. The Labute approximate surface area is 105 Å². The highest BCUT2D eigenvalue weighted by Crippen LogP contribution is 2.35. The van der Waals surface area contributed by atoms with Crippen LogP contribution in [-0.2, 0) is 4.74 Å². The molecule has 1 fully saturated rings. The topological polar surface area (TPSA) is 94.5 Å². The fourth-order valence-electron chi connectivity index (χ4n) is 1.99. The molecule has 2 rings (SSSR count). The number of anilines is 1. The van der Waals surface area contributed by atoms with Gasteiger partial charge in [-0.3, -0.25) is 4.79 Å². The van der Waals surface area contributed by atoms with Gasteiger partial charge in [-0.15, -0.1) is 0 Å². The largest absolute Gasteiger partial charge is 0.383 e. The monoisotopic (exact) mass is 254 g/mol. The van der Waals surface area contributed by atoms with Gasteiger partial charge in [0.15, 0.2) is 0 Å². The predicted octanol–water partition coefficient (Wildman–Crippen LogP) is 0.539. The molecule has 0 bridgehead atoms. The van der Waals surface area contributed by atoms with Crippen LogP contribution in [0.4, 0.5) is 5.82 Å². The third-order valence-electron chi connectivity index (χ3n) is 3.31. The first-order valence-electron chi connectivity index (χ1n) is 6.03. The van der Waals surface area contributed by atoms with Crippen molar-refractivity contribution in [3.63, 3.8) is 0 Å². The Morgan fingerprint density at radius 2 is 2.33 bits per heavy atom. The smallest absolute Gasteiger partial charge is 0.280 e. The molecule has 2 N–H and O–H groups in total. The number of carbonyl (C=O) groups is 1. The van der Waals surface area contributed by atoms with Crippen LogP contribution in [0.15, 0.2) is 4.63 Å². The van der Waals surface area contributed by atoms with E-state index in [4.69, 9.17) is 10.5 Å². The average molecular weight is 254 g/mol. The molecule has 7 heteroatoms. The van der Waals surface area contributed by atoms with E-state index in [2.05, 4.69) is 14.9 Å². The minimum Gasteiger partial charge on any atom is -0.383 e. The number of nitrogens with two attached hydrogens (primary N) is 1. The second-order valence-electron chi connectivity index (χ2n) is 4.57. The number of hydrogen-bond donors (Lipinski definition) is 1. The summed E-state index contributed by atoms with van der Waals surface area (Å²) in [5, 5.41) is 7.00. The van der Waals surface area contributed by atoms with E-state index >= 15 is 0 Å². The quantitative estimate of drug-likeness (QED) is 0.796. The highest BCUT2D eigenvalue weighted by molar-refractivity contribution is 5.96. The zero-order chi connectivity index (χ0) is 13.1. The van der Waals surface area contributed by atoms with Gasteiger partial charge in [0.05, 0.1) is 6.61 Å². The molecule has 0 aromatic carbocycles. The van der Waals surface area contributed by atoms with Crippen molar-refractivity contribution in [2.45, 2.75) is 25.8 Å². The Morgan fingerprint density at radius 3 is 2.83 bits per heavy atom. The van der Waals surface area contributed by atoms with E-state index < -0.39 is 0 Å². The molecule has 1 aromatic heterocycles. The number of ether oxygens (including phenoxy) is 1. The molecule has 1 aromatic rings. The van der Waals surface area contributed by atoms with Gasteiger partial charge in [-0.1, -0.05) is 0 Å². The summed E-state index contributed by atoms with van der Waals surface area (Å²) in [5.74, 6) is 0.350. The number of rotatable bonds is 6. The summed E-state index contributed by atoms with van der Waals surface area (Å²) in [7, 11) is 1.61. The first-order valence-corrected chi connectivity index (χ1v) is 6.03. The van der Waals surface area contributed by atoms with Gasteiger partial charge < -0.3 is 15.4 Å². The minimum absolute atomic E-state index is 0.0328. The van der Waals surface area contributed by atoms with Crippen LogP contribution in [-0.4, -0.2) is 47.4 Å². The van der Waals surface area contributed by atoms with Gasteiger partial charge in [-0.05, 0) is 36.0 Å². The maximum Gasteiger partial charge on any atom is 0.280 e. The number of nitrogens with zero attached hydrogens (tertiary/aromatic N) is 3. The Hall–Kier alpha value is -1.63. The van der Waals surface area contributed by atoms with Crippen LogP contribution in [0.2, 0.25) is 0 Å². The highest BCUT2D eigenvalue weighted by atomic mass is 16.6. The molecular formula is C11H18N4O3. The molecule has 1 aliphatic rings. The summed E-state index contributed by atoms with van der Waals surface area (Å²) in [5.41, 5.74) is 5.64. The fourth-order valence-corrected chi connectivity index (χ4v) is 1.99. The lowest BCUT2D eigenvalue weighted by Gasteiger charge is -2.28. The van der Waals surface area contributed by atoms with Gasteiger partial charge >= 0.3 is 0 Å². The number of methoxy groups -OCH3 is 1. The van der Waals surface area contributed by atoms with Gasteiger partial charge in [0.2, 0.25) is 11.5 Å². The van der Waals surface area contributed by atoms with E-state index in [1.165, 1.54) is 0 Å². The van der Waals surface area contributed by atoms with Crippen molar-refractivity contribution in [1.82, 2.24) is 15.2 Å². The Kier molecular flexibility index (Phi) is 3.81. The number of amides is 1. The van der Waals surface area contributed by atoms with Gasteiger partial charge in [-0.2, -0.15) is 0 Å². The third kappa shape index (κ3) is 2.61. The average Bonchev–Trinajstić information content (AvgIpc) is 3.12. The van der Waals surface area contributed by atoms with Crippen LogP contribution in [0.5, 0.6) is 0 Å². The molecule has 1 saturated carbocycles. The molecular weight excluding hydrogens is 236 g/mol. The van der Waals surface area contributed by atoms with Gasteiger partial charge in [0, 0.05) is 19.7 Å². The van der Waals surface area contributed by atoms with E-state index in [-0.39, 0.29) is 23.5 Å². The molecule has 0 saturated heterocycles. The molecule has 7 nitrogen and oxygen atoms in total. The highest BCUT2D eigenvalue weighted by Gasteiger charge is 2.36. The molecule has 1 amide bonds. The first kappa shape index (κ1) is 12.8. The number of hydrogen-bond acceptors (Lipinski definition) is 6. The predicted molar refractivity (Wildman–Crippen MR) is 63.8 cm³/mol. The Bertz CT molecular complexity index is 416. The summed E-state index contributed by atoms with van der Waals surface area (Å²) in [6.45, 7) is 3.03. The van der Waals surface area contributed by atoms with Crippen LogP contribution in [0.3, 0.4) is 0 Å². The van der Waals surface area contributed by atoms with Gasteiger partial charge in [0.1, 0.15) is 0 Å². The van der Waals surface area contributed by atoms with E-state index in [9.17, 15) is 4.79 Å². The maximum absolute atomic E-state index is 12.3. The molecule has 100 valence electrons. The minimum atomic E-state index is -0.245. The van der Waals surface area contributed by atoms with Crippen molar-refractivity contribution in [3.8, 4) is 0 Å². The molecule has 0 spiro atoms. The lowest BCUT2D eigenvalue weighted by Crippen LogP contribution is -2.42. The standard InChI is InChI=1S/C11H18N4O3/c1-7(8-3-4-8)15(5-6-17-2)11(16)9-10(12)14-18-13-9/h7-8H,3-6H2,1-2H3,(H2,12,14). The zero-order valence-corrected chi connectivity index (χ0v) is 10.6. The number of aromatic nitrogens is 2. The summed E-state index contributed by atoms with van der Waals surface area (Å²) in [6.07, 6.45) is 2.31. The van der Waals surface area contributed by atoms with Crippen LogP contribution >= 0.6 is 0 Å². The number of nitrogen functional groups attached to an aromatic ring is 1. The van der Waals surface area contributed by atoms with E-state index in [1.54, 1.807) is 12.0 Å². The third-order valence-corrected chi connectivity index (χ3v) is 3.31. The van der Waals surface area contributed by atoms with Crippen molar-refractivity contribution in [3.05, 3.63) is 5.69 Å². The lowest BCUT2D eigenvalue weighted by atomic mass is 10.1. The maximum atomic E-state index is 12.3. The first-order chi connectivity index (χ1) is 8.65. The van der Waals surface area contributed by atoms with Crippen molar-refractivity contribution in [1.29, 1.82) is 0 Å². The van der Waals surface area contributed by atoms with E-state index in [1.807, 2.05) is 6.92 Å². The summed E-state index contributed by atoms with van der Waals surface area (Å²) in [6, 6.07) is 0.156. The second-order valence-corrected chi connectivity index (χ2v) is 4.57. The van der Waals surface area contributed by atoms with Crippen molar-refractivity contribution < 1.29 is 14.2 Å². The molecule has 18 heavy (non-hydrogen) atoms. The molecule has 1 unspecified atom stereocenters. The van der Waals surface area contributed by atoms with Gasteiger partial charge in [-0.25, -0.2) is 4.63 Å². The SMILES string of the molecule is COCCN(C(=O)c1nonc1N)C(C)C1CC1. The molecule has 1 heterocycles. The molecule has 1 aliphatic carbocycles. The Morgan fingerprint density at radius 1 is 1.61 bits per heavy atom. The van der Waals surface area contributed by atoms with E-state index in [0.29, 0.717) is 19.1 Å². The van der Waals surface area contributed by atoms with Crippen molar-refractivity contribution in [2.75, 3.05) is 26.0 Å². The number of carbonyl (C=O) groups excluding carboxylic acids is 1. The van der Waals surface area contributed by atoms with Crippen molar-refractivity contribution >= 4 is 11.7 Å². The van der Waals surface area contributed by atoms with Crippen LogP contribution in [0.1, 0.15) is 30.3 Å². The van der Waals surface area contributed by atoms with Crippen LogP contribution < -0.4 is 5.73 Å². The molecule has 1 atom stereocenters. The normalized spacial score (nSPS) is 16.6. The second kappa shape index (κ2) is 5.34. The van der Waals surface area contributed by atoms with E-state index in [0.717, 1.165) is 12.8 Å². The summed E-state index contributed by atoms with van der Waals surface area (Å²) in [4.78, 5) is 14.1. The fraction of sp³-hybridized carbons (Fsp3) is 0.727. The molecule has 0 radical (unpaired) electrons. The van der Waals surface area contributed by atoms with Gasteiger partial charge in [0.25, 0.3) is 5.91 Å². The van der Waals surface area contributed by atoms with Crippen molar-refractivity contribution in [2.24, 2.45) is 5.92 Å². The van der Waals surface area contributed by atoms with Crippen LogP contribution in [0.25, 0.3) is 0 Å². The summed E-state index contributed by atoms with van der Waals surface area (Å²) < 4.78 is 9.51. The Balaban J connectivity index is 2.12. The van der Waals surface area contributed by atoms with Crippen LogP contribution in [0, 0.1) is 5.92 Å². The lowest BCUT2D eigenvalue weighted by molar-refractivity contribution is 0.0584. The zero-order valence-electron chi connectivity index (χ0n) is 10.6.